The number of rotatable bonds is 5. The van der Waals surface area contributed by atoms with Crippen molar-refractivity contribution in [2.45, 2.75) is 6.36 Å². The maximum atomic E-state index is 12.4. The van der Waals surface area contributed by atoms with Gasteiger partial charge in [-0.15, -0.1) is 13.2 Å². The third-order valence-electron chi connectivity index (χ3n) is 3.95. The van der Waals surface area contributed by atoms with E-state index < -0.39 is 29.6 Å². The van der Waals surface area contributed by atoms with Crippen molar-refractivity contribution in [3.05, 3.63) is 83.9 Å². The Labute approximate surface area is 163 Å². The molecule has 0 fully saturated rings. The Bertz CT molecular complexity index is 1030. The molecule has 0 aliphatic rings. The zero-order chi connectivity index (χ0) is 21.0. The van der Waals surface area contributed by atoms with E-state index in [4.69, 9.17) is 5.11 Å². The van der Waals surface area contributed by atoms with Crippen molar-refractivity contribution in [3.63, 3.8) is 0 Å². The molecule has 3 rings (SSSR count). The van der Waals surface area contributed by atoms with Gasteiger partial charge in [-0.05, 0) is 41.5 Å². The lowest BCUT2D eigenvalue weighted by molar-refractivity contribution is -0.274. The summed E-state index contributed by atoms with van der Waals surface area (Å²) in [6, 6.07) is 19.2. The van der Waals surface area contributed by atoms with E-state index in [2.05, 4.69) is 10.1 Å². The lowest BCUT2D eigenvalue weighted by atomic mass is 10.1. The van der Waals surface area contributed by atoms with Crippen molar-refractivity contribution in [1.82, 2.24) is 0 Å². The summed E-state index contributed by atoms with van der Waals surface area (Å²) in [5.41, 5.74) is 1.49. The summed E-state index contributed by atoms with van der Waals surface area (Å²) in [4.78, 5) is 23.6. The van der Waals surface area contributed by atoms with Crippen LogP contribution in [0.3, 0.4) is 0 Å². The molecule has 5 nitrogen and oxygen atoms in total. The molecule has 29 heavy (non-hydrogen) atoms. The lowest BCUT2D eigenvalue weighted by Crippen LogP contribution is -2.20. The number of hydrogen-bond donors (Lipinski definition) is 2. The summed E-state index contributed by atoms with van der Waals surface area (Å²) in [6.45, 7) is 0. The van der Waals surface area contributed by atoms with Gasteiger partial charge in [0.1, 0.15) is 11.3 Å². The van der Waals surface area contributed by atoms with E-state index in [1.807, 2.05) is 30.3 Å². The predicted octanol–water partition coefficient (Wildman–Crippen LogP) is 5.20. The zero-order valence-corrected chi connectivity index (χ0v) is 14.7. The second kappa shape index (κ2) is 8.05. The second-order valence-electron chi connectivity index (χ2n) is 5.96. The molecular formula is C21H14F3NO4. The van der Waals surface area contributed by atoms with E-state index in [1.165, 1.54) is 0 Å². The normalized spacial score (nSPS) is 11.0. The van der Waals surface area contributed by atoms with E-state index in [0.29, 0.717) is 5.69 Å². The van der Waals surface area contributed by atoms with Crippen LogP contribution in [-0.2, 0) is 0 Å². The fourth-order valence-electron chi connectivity index (χ4n) is 2.63. The van der Waals surface area contributed by atoms with Crippen molar-refractivity contribution in [2.24, 2.45) is 0 Å². The molecule has 148 valence electrons. The molecule has 2 N–H and O–H groups in total. The summed E-state index contributed by atoms with van der Waals surface area (Å²) in [5, 5.41) is 11.7. The van der Waals surface area contributed by atoms with Gasteiger partial charge in [-0.1, -0.05) is 42.5 Å². The number of alkyl halides is 3. The first-order valence-corrected chi connectivity index (χ1v) is 8.33. The SMILES string of the molecule is O=C(Nc1ccc(-c2ccccc2)cc1)c1ccc(OC(F)(F)F)c(C(=O)O)c1. The molecule has 1 amide bonds. The minimum Gasteiger partial charge on any atom is -0.478 e. The van der Waals surface area contributed by atoms with E-state index >= 15 is 0 Å². The molecular weight excluding hydrogens is 387 g/mol. The first kappa shape index (κ1) is 19.9. The van der Waals surface area contributed by atoms with E-state index in [0.717, 1.165) is 29.3 Å². The Morgan fingerprint density at radius 3 is 2.07 bits per heavy atom. The van der Waals surface area contributed by atoms with Gasteiger partial charge in [0.05, 0.1) is 0 Å². The molecule has 0 radical (unpaired) electrons. The Hall–Kier alpha value is -3.81. The quantitative estimate of drug-likeness (QED) is 0.616. The number of halogens is 3. The monoisotopic (exact) mass is 401 g/mol. The number of amides is 1. The number of benzene rings is 3. The first-order chi connectivity index (χ1) is 13.7. The fraction of sp³-hybridized carbons (Fsp3) is 0.0476. The van der Waals surface area contributed by atoms with Gasteiger partial charge in [-0.3, -0.25) is 4.79 Å². The highest BCUT2D eigenvalue weighted by atomic mass is 19.4. The lowest BCUT2D eigenvalue weighted by Gasteiger charge is -2.12. The number of anilines is 1. The van der Waals surface area contributed by atoms with Gasteiger partial charge in [0, 0.05) is 11.3 Å². The molecule has 0 bridgehead atoms. The number of carbonyl (C=O) groups excluding carboxylic acids is 1. The smallest absolute Gasteiger partial charge is 0.478 e. The molecule has 0 aliphatic heterocycles. The fourth-order valence-corrected chi connectivity index (χ4v) is 2.63. The molecule has 3 aromatic rings. The van der Waals surface area contributed by atoms with Crippen molar-refractivity contribution in [2.75, 3.05) is 5.32 Å². The van der Waals surface area contributed by atoms with Crippen molar-refractivity contribution in [1.29, 1.82) is 0 Å². The molecule has 0 spiro atoms. The van der Waals surface area contributed by atoms with Crippen LogP contribution in [0.4, 0.5) is 18.9 Å². The van der Waals surface area contributed by atoms with Gasteiger partial charge >= 0.3 is 12.3 Å². The summed E-state index contributed by atoms with van der Waals surface area (Å²) in [6.07, 6.45) is -5.05. The molecule has 0 atom stereocenters. The molecule has 0 heterocycles. The Morgan fingerprint density at radius 2 is 1.48 bits per heavy atom. The summed E-state index contributed by atoms with van der Waals surface area (Å²) >= 11 is 0. The van der Waals surface area contributed by atoms with Gasteiger partial charge in [0.2, 0.25) is 0 Å². The van der Waals surface area contributed by atoms with Crippen LogP contribution in [0.2, 0.25) is 0 Å². The zero-order valence-electron chi connectivity index (χ0n) is 14.7. The third-order valence-corrected chi connectivity index (χ3v) is 3.95. The van der Waals surface area contributed by atoms with Crippen LogP contribution in [0.25, 0.3) is 11.1 Å². The number of carboxylic acids is 1. The average molecular weight is 401 g/mol. The standard InChI is InChI=1S/C21H14F3NO4/c22-21(23,24)29-18-11-8-15(12-17(18)20(27)28)19(26)25-16-9-6-14(7-10-16)13-4-2-1-3-5-13/h1-12H,(H,25,26)(H,27,28). The predicted molar refractivity (Wildman–Crippen MR) is 99.9 cm³/mol. The Morgan fingerprint density at radius 1 is 0.862 bits per heavy atom. The Balaban J connectivity index is 1.78. The number of aromatic carboxylic acids is 1. The Kier molecular flexibility index (Phi) is 5.54. The summed E-state index contributed by atoms with van der Waals surface area (Å²) < 4.78 is 40.9. The molecule has 3 aromatic carbocycles. The van der Waals surface area contributed by atoms with Crippen molar-refractivity contribution >= 4 is 17.6 Å². The highest BCUT2D eigenvalue weighted by Crippen LogP contribution is 2.28. The van der Waals surface area contributed by atoms with E-state index in [-0.39, 0.29) is 5.56 Å². The largest absolute Gasteiger partial charge is 0.573 e. The van der Waals surface area contributed by atoms with Gasteiger partial charge < -0.3 is 15.2 Å². The maximum Gasteiger partial charge on any atom is 0.573 e. The number of carbonyl (C=O) groups is 2. The van der Waals surface area contributed by atoms with E-state index in [1.54, 1.807) is 24.3 Å². The molecule has 0 aromatic heterocycles. The summed E-state index contributed by atoms with van der Waals surface area (Å²) in [5.74, 6) is -3.21. The third kappa shape index (κ3) is 5.13. The number of ether oxygens (including phenoxy) is 1. The second-order valence-corrected chi connectivity index (χ2v) is 5.96. The maximum absolute atomic E-state index is 12.4. The highest BCUT2D eigenvalue weighted by molar-refractivity contribution is 6.06. The van der Waals surface area contributed by atoms with Crippen LogP contribution in [-0.4, -0.2) is 23.3 Å². The van der Waals surface area contributed by atoms with Crippen LogP contribution in [0.1, 0.15) is 20.7 Å². The minimum atomic E-state index is -5.05. The molecule has 0 unspecified atom stereocenters. The van der Waals surface area contributed by atoms with Crippen molar-refractivity contribution < 1.29 is 32.6 Å². The average Bonchev–Trinajstić information content (AvgIpc) is 2.68. The molecule has 8 heteroatoms. The molecule has 0 saturated heterocycles. The van der Waals surface area contributed by atoms with Gasteiger partial charge in [-0.25, -0.2) is 4.79 Å². The van der Waals surface area contributed by atoms with Crippen LogP contribution in [0, 0.1) is 0 Å². The molecule has 0 aliphatic carbocycles. The van der Waals surface area contributed by atoms with Crippen LogP contribution < -0.4 is 10.1 Å². The number of hydrogen-bond acceptors (Lipinski definition) is 3. The first-order valence-electron chi connectivity index (χ1n) is 8.33. The minimum absolute atomic E-state index is 0.121. The van der Waals surface area contributed by atoms with Crippen LogP contribution >= 0.6 is 0 Å². The molecule has 0 saturated carbocycles. The van der Waals surface area contributed by atoms with Gasteiger partial charge in [0.25, 0.3) is 5.91 Å². The number of carboxylic acid groups (broad SMARTS) is 1. The highest BCUT2D eigenvalue weighted by Gasteiger charge is 2.33. The topological polar surface area (TPSA) is 75.6 Å². The van der Waals surface area contributed by atoms with Gasteiger partial charge in [0.15, 0.2) is 0 Å². The van der Waals surface area contributed by atoms with Gasteiger partial charge in [-0.2, -0.15) is 0 Å². The van der Waals surface area contributed by atoms with Crippen molar-refractivity contribution in [3.8, 4) is 16.9 Å². The van der Waals surface area contributed by atoms with Crippen LogP contribution in [0.5, 0.6) is 5.75 Å². The number of nitrogens with one attached hydrogen (secondary N) is 1. The van der Waals surface area contributed by atoms with E-state index in [9.17, 15) is 22.8 Å². The summed E-state index contributed by atoms with van der Waals surface area (Å²) in [7, 11) is 0. The van der Waals surface area contributed by atoms with Crippen LogP contribution in [0.15, 0.2) is 72.8 Å².